The van der Waals surface area contributed by atoms with Gasteiger partial charge in [-0.05, 0) is 23.8 Å². The Balaban J connectivity index is 1.98. The van der Waals surface area contributed by atoms with Gasteiger partial charge in [-0.1, -0.05) is 12.1 Å². The zero-order valence-electron chi connectivity index (χ0n) is 14.2. The molecule has 0 saturated carbocycles. The summed E-state index contributed by atoms with van der Waals surface area (Å²) < 4.78 is 24.6. The van der Waals surface area contributed by atoms with E-state index in [1.807, 2.05) is 6.07 Å². The summed E-state index contributed by atoms with van der Waals surface area (Å²) in [7, 11) is 3.36. The molecule has 0 N–H and O–H groups in total. The second kappa shape index (κ2) is 8.33. The van der Waals surface area contributed by atoms with Gasteiger partial charge in [0.2, 0.25) is 0 Å². The first-order chi connectivity index (χ1) is 12.2. The van der Waals surface area contributed by atoms with Crippen molar-refractivity contribution in [1.82, 2.24) is 9.97 Å². The van der Waals surface area contributed by atoms with E-state index >= 15 is 0 Å². The fraction of sp³-hybridized carbons (Fsp3) is 0.333. The lowest BCUT2D eigenvalue weighted by molar-refractivity contribution is 0.190. The Hall–Kier alpha value is -2.09. The fourth-order valence-electron chi connectivity index (χ4n) is 2.55. The van der Waals surface area contributed by atoms with E-state index in [-0.39, 0.29) is 5.82 Å². The number of fused-ring (bicyclic) bond motifs is 1. The lowest BCUT2D eigenvalue weighted by Crippen LogP contribution is -2.31. The highest BCUT2D eigenvalue weighted by Crippen LogP contribution is 2.36. The predicted octanol–water partition coefficient (Wildman–Crippen LogP) is 3.60. The van der Waals surface area contributed by atoms with E-state index in [0.29, 0.717) is 13.2 Å². The van der Waals surface area contributed by atoms with E-state index in [1.165, 1.54) is 12.1 Å². The minimum atomic E-state index is -0.240. The van der Waals surface area contributed by atoms with E-state index in [9.17, 15) is 4.39 Å². The molecule has 0 unspecified atom stereocenters. The molecule has 2 heterocycles. The number of nitrogens with zero attached hydrogens (tertiary/aromatic N) is 3. The predicted molar refractivity (Wildman–Crippen MR) is 98.8 cm³/mol. The lowest BCUT2D eigenvalue weighted by atomic mass is 10.2. The number of anilines is 1. The summed E-state index contributed by atoms with van der Waals surface area (Å²) >= 11 is 1.61. The van der Waals surface area contributed by atoms with Crippen LogP contribution in [0.4, 0.5) is 10.2 Å². The van der Waals surface area contributed by atoms with Crippen molar-refractivity contribution in [2.75, 3.05) is 45.4 Å². The number of halogens is 1. The maximum absolute atomic E-state index is 13.2. The van der Waals surface area contributed by atoms with Gasteiger partial charge in [0.1, 0.15) is 18.0 Å². The molecule has 0 amide bonds. The first-order valence-corrected chi connectivity index (χ1v) is 8.78. The number of methoxy groups -OCH3 is 2. The van der Waals surface area contributed by atoms with Gasteiger partial charge in [0.05, 0.1) is 23.4 Å². The highest BCUT2D eigenvalue weighted by atomic mass is 32.1. The topological polar surface area (TPSA) is 47.5 Å². The van der Waals surface area contributed by atoms with Gasteiger partial charge in [-0.15, -0.1) is 11.3 Å². The Kier molecular flexibility index (Phi) is 5.91. The highest BCUT2D eigenvalue weighted by Gasteiger charge is 2.15. The van der Waals surface area contributed by atoms with Crippen LogP contribution in [0.2, 0.25) is 0 Å². The number of benzene rings is 1. The monoisotopic (exact) mass is 361 g/mol. The third kappa shape index (κ3) is 4.12. The molecule has 132 valence electrons. The standard InChI is InChI=1S/C18H20FN3O2S/c1-23-9-7-22(8-10-24-2)18-17-15(20-12-21-18)11-16(25-17)13-3-5-14(19)6-4-13/h3-6,11-12H,7-10H2,1-2H3. The Labute approximate surface area is 150 Å². The molecule has 0 aliphatic heterocycles. The molecule has 7 heteroatoms. The zero-order valence-corrected chi connectivity index (χ0v) is 15.1. The summed E-state index contributed by atoms with van der Waals surface area (Å²) in [5, 5.41) is 0. The Morgan fingerprint density at radius 2 is 1.72 bits per heavy atom. The summed E-state index contributed by atoms with van der Waals surface area (Å²) in [5.74, 6) is 0.633. The molecule has 0 fully saturated rings. The molecule has 0 aliphatic carbocycles. The Bertz CT molecular complexity index is 815. The van der Waals surface area contributed by atoms with Gasteiger partial charge in [-0.25, -0.2) is 14.4 Å². The van der Waals surface area contributed by atoms with E-state index in [1.54, 1.807) is 44.0 Å². The number of thiophene rings is 1. The third-order valence-electron chi connectivity index (χ3n) is 3.85. The molecule has 25 heavy (non-hydrogen) atoms. The average Bonchev–Trinajstić information content (AvgIpc) is 3.07. The van der Waals surface area contributed by atoms with Crippen LogP contribution in [-0.2, 0) is 9.47 Å². The van der Waals surface area contributed by atoms with Crippen molar-refractivity contribution in [1.29, 1.82) is 0 Å². The zero-order chi connectivity index (χ0) is 17.6. The van der Waals surface area contributed by atoms with Gasteiger partial charge in [-0.2, -0.15) is 0 Å². The quantitative estimate of drug-likeness (QED) is 0.614. The van der Waals surface area contributed by atoms with Crippen LogP contribution in [0.5, 0.6) is 0 Å². The van der Waals surface area contributed by atoms with Gasteiger partial charge in [-0.3, -0.25) is 0 Å². The van der Waals surface area contributed by atoms with Crippen LogP contribution in [-0.4, -0.2) is 50.5 Å². The van der Waals surface area contributed by atoms with Crippen LogP contribution in [0.1, 0.15) is 0 Å². The van der Waals surface area contributed by atoms with Crippen molar-refractivity contribution in [2.45, 2.75) is 0 Å². The lowest BCUT2D eigenvalue weighted by Gasteiger charge is -2.23. The average molecular weight is 361 g/mol. The van der Waals surface area contributed by atoms with Crippen LogP contribution in [0.3, 0.4) is 0 Å². The molecule has 0 atom stereocenters. The van der Waals surface area contributed by atoms with Gasteiger partial charge >= 0.3 is 0 Å². The number of hydrogen-bond acceptors (Lipinski definition) is 6. The summed E-state index contributed by atoms with van der Waals surface area (Å²) in [4.78, 5) is 12.1. The fourth-order valence-corrected chi connectivity index (χ4v) is 3.68. The molecule has 0 aliphatic rings. The van der Waals surface area contributed by atoms with E-state index in [2.05, 4.69) is 14.9 Å². The smallest absolute Gasteiger partial charge is 0.150 e. The largest absolute Gasteiger partial charge is 0.383 e. The molecular formula is C18H20FN3O2S. The SMILES string of the molecule is COCCN(CCOC)c1ncnc2cc(-c3ccc(F)cc3)sc12. The van der Waals surface area contributed by atoms with E-state index in [0.717, 1.165) is 39.6 Å². The summed E-state index contributed by atoms with van der Waals surface area (Å²) in [6, 6.07) is 8.51. The van der Waals surface area contributed by atoms with Crippen LogP contribution in [0.15, 0.2) is 36.7 Å². The van der Waals surface area contributed by atoms with Crippen LogP contribution in [0.25, 0.3) is 20.7 Å². The van der Waals surface area contributed by atoms with Gasteiger partial charge < -0.3 is 14.4 Å². The van der Waals surface area contributed by atoms with Crippen molar-refractivity contribution < 1.29 is 13.9 Å². The van der Waals surface area contributed by atoms with Crippen molar-refractivity contribution in [3.63, 3.8) is 0 Å². The Morgan fingerprint density at radius 3 is 2.36 bits per heavy atom. The van der Waals surface area contributed by atoms with E-state index in [4.69, 9.17) is 9.47 Å². The summed E-state index contributed by atoms with van der Waals surface area (Å²) in [5.41, 5.74) is 1.85. The number of hydrogen-bond donors (Lipinski definition) is 0. The first kappa shape index (κ1) is 17.7. The molecule has 0 bridgehead atoms. The molecule has 1 aromatic carbocycles. The minimum Gasteiger partial charge on any atom is -0.383 e. The van der Waals surface area contributed by atoms with Crippen LogP contribution >= 0.6 is 11.3 Å². The number of ether oxygens (including phenoxy) is 2. The summed E-state index contributed by atoms with van der Waals surface area (Å²) in [6.45, 7) is 2.64. The van der Waals surface area contributed by atoms with Crippen molar-refractivity contribution in [2.24, 2.45) is 0 Å². The minimum absolute atomic E-state index is 0.240. The van der Waals surface area contributed by atoms with Crippen LogP contribution in [0, 0.1) is 5.82 Å². The third-order valence-corrected chi connectivity index (χ3v) is 5.02. The highest BCUT2D eigenvalue weighted by molar-refractivity contribution is 7.22. The maximum atomic E-state index is 13.2. The molecule has 0 spiro atoms. The number of rotatable bonds is 8. The Morgan fingerprint density at radius 1 is 1.04 bits per heavy atom. The first-order valence-electron chi connectivity index (χ1n) is 7.96. The van der Waals surface area contributed by atoms with Gasteiger partial charge in [0.15, 0.2) is 0 Å². The summed E-state index contributed by atoms with van der Waals surface area (Å²) in [6.07, 6.45) is 1.57. The molecule has 0 saturated heterocycles. The van der Waals surface area contributed by atoms with Gasteiger partial charge in [0, 0.05) is 32.2 Å². The van der Waals surface area contributed by atoms with Crippen molar-refractivity contribution >= 4 is 27.4 Å². The van der Waals surface area contributed by atoms with Crippen LogP contribution < -0.4 is 4.90 Å². The van der Waals surface area contributed by atoms with Crippen molar-refractivity contribution in [3.05, 3.63) is 42.5 Å². The normalized spacial score (nSPS) is 11.2. The van der Waals surface area contributed by atoms with Crippen molar-refractivity contribution in [3.8, 4) is 10.4 Å². The number of aromatic nitrogens is 2. The molecule has 2 aromatic heterocycles. The molecule has 3 aromatic rings. The molecular weight excluding hydrogens is 341 g/mol. The second-order valence-corrected chi connectivity index (χ2v) is 6.55. The molecule has 5 nitrogen and oxygen atoms in total. The molecule has 3 rings (SSSR count). The second-order valence-electron chi connectivity index (χ2n) is 5.50. The van der Waals surface area contributed by atoms with Gasteiger partial charge in [0.25, 0.3) is 0 Å². The van der Waals surface area contributed by atoms with E-state index < -0.39 is 0 Å². The maximum Gasteiger partial charge on any atom is 0.150 e. The molecule has 0 radical (unpaired) electrons.